The van der Waals surface area contributed by atoms with Gasteiger partial charge in [0.1, 0.15) is 5.75 Å². The SMILES string of the molecule is CC(O)c1ccc(CO)c(O)c1. The number of hydrogen-bond acceptors (Lipinski definition) is 3. The van der Waals surface area contributed by atoms with Crippen LogP contribution in [-0.4, -0.2) is 15.3 Å². The number of aliphatic hydroxyl groups is 2. The summed E-state index contributed by atoms with van der Waals surface area (Å²) in [6.45, 7) is 1.43. The fourth-order valence-corrected chi connectivity index (χ4v) is 0.974. The molecule has 0 radical (unpaired) electrons. The monoisotopic (exact) mass is 168 g/mol. The van der Waals surface area contributed by atoms with Gasteiger partial charge in [-0.25, -0.2) is 0 Å². The molecule has 0 aromatic heterocycles. The molecule has 1 atom stereocenters. The number of aromatic hydroxyl groups is 1. The van der Waals surface area contributed by atoms with Gasteiger partial charge < -0.3 is 15.3 Å². The Kier molecular flexibility index (Phi) is 2.68. The number of benzene rings is 1. The van der Waals surface area contributed by atoms with E-state index in [-0.39, 0.29) is 12.4 Å². The summed E-state index contributed by atoms with van der Waals surface area (Å²) in [4.78, 5) is 0. The fourth-order valence-electron chi connectivity index (χ4n) is 0.974. The van der Waals surface area contributed by atoms with Crippen molar-refractivity contribution >= 4 is 0 Å². The van der Waals surface area contributed by atoms with Crippen LogP contribution in [0.5, 0.6) is 5.75 Å². The molecule has 3 heteroatoms. The average molecular weight is 168 g/mol. The molecule has 0 saturated heterocycles. The molecule has 3 N–H and O–H groups in total. The maximum atomic E-state index is 9.27. The molecule has 1 aromatic carbocycles. The van der Waals surface area contributed by atoms with Crippen LogP contribution in [0.4, 0.5) is 0 Å². The zero-order chi connectivity index (χ0) is 9.14. The second-order valence-corrected chi connectivity index (χ2v) is 2.72. The van der Waals surface area contributed by atoms with Crippen LogP contribution in [0.25, 0.3) is 0 Å². The summed E-state index contributed by atoms with van der Waals surface area (Å²) < 4.78 is 0. The highest BCUT2D eigenvalue weighted by molar-refractivity contribution is 5.36. The predicted molar refractivity (Wildman–Crippen MR) is 44.7 cm³/mol. The Morgan fingerprint density at radius 3 is 2.50 bits per heavy atom. The lowest BCUT2D eigenvalue weighted by atomic mass is 10.1. The van der Waals surface area contributed by atoms with Crippen LogP contribution in [-0.2, 0) is 6.61 Å². The highest BCUT2D eigenvalue weighted by Gasteiger charge is 2.04. The molecule has 0 heterocycles. The normalized spacial score (nSPS) is 12.9. The van der Waals surface area contributed by atoms with E-state index in [1.54, 1.807) is 19.1 Å². The number of aliphatic hydroxyl groups excluding tert-OH is 2. The zero-order valence-electron chi connectivity index (χ0n) is 6.86. The van der Waals surface area contributed by atoms with Crippen molar-refractivity contribution in [3.8, 4) is 5.75 Å². The van der Waals surface area contributed by atoms with Crippen LogP contribution >= 0.6 is 0 Å². The molecule has 0 aliphatic carbocycles. The van der Waals surface area contributed by atoms with E-state index in [1.807, 2.05) is 0 Å². The molecule has 0 aliphatic rings. The van der Waals surface area contributed by atoms with E-state index in [2.05, 4.69) is 0 Å². The van der Waals surface area contributed by atoms with E-state index in [4.69, 9.17) is 10.2 Å². The topological polar surface area (TPSA) is 60.7 Å². The average Bonchev–Trinajstić information content (AvgIpc) is 2.04. The maximum Gasteiger partial charge on any atom is 0.121 e. The highest BCUT2D eigenvalue weighted by atomic mass is 16.3. The van der Waals surface area contributed by atoms with Crippen LogP contribution in [0, 0.1) is 0 Å². The second kappa shape index (κ2) is 3.56. The Morgan fingerprint density at radius 2 is 2.08 bits per heavy atom. The van der Waals surface area contributed by atoms with Crippen LogP contribution in [0.1, 0.15) is 24.2 Å². The molecule has 66 valence electrons. The van der Waals surface area contributed by atoms with Gasteiger partial charge in [0.15, 0.2) is 0 Å². The zero-order valence-corrected chi connectivity index (χ0v) is 6.86. The van der Waals surface area contributed by atoms with Crippen molar-refractivity contribution < 1.29 is 15.3 Å². The van der Waals surface area contributed by atoms with Gasteiger partial charge in [-0.15, -0.1) is 0 Å². The number of rotatable bonds is 2. The Bertz CT molecular complexity index is 268. The lowest BCUT2D eigenvalue weighted by Gasteiger charge is -2.06. The molecule has 0 saturated carbocycles. The Balaban J connectivity index is 3.02. The molecular formula is C9H12O3. The van der Waals surface area contributed by atoms with E-state index in [9.17, 15) is 5.11 Å². The van der Waals surface area contributed by atoms with Gasteiger partial charge in [-0.05, 0) is 18.6 Å². The molecule has 0 aliphatic heterocycles. The van der Waals surface area contributed by atoms with Crippen molar-refractivity contribution in [3.63, 3.8) is 0 Å². The summed E-state index contributed by atoms with van der Waals surface area (Å²) in [5, 5.41) is 27.1. The van der Waals surface area contributed by atoms with Crippen molar-refractivity contribution in [2.75, 3.05) is 0 Å². The molecule has 1 unspecified atom stereocenters. The Hall–Kier alpha value is -1.06. The molecule has 3 nitrogen and oxygen atoms in total. The quantitative estimate of drug-likeness (QED) is 0.615. The van der Waals surface area contributed by atoms with Crippen molar-refractivity contribution in [2.24, 2.45) is 0 Å². The smallest absolute Gasteiger partial charge is 0.121 e. The van der Waals surface area contributed by atoms with Crippen LogP contribution < -0.4 is 0 Å². The Morgan fingerprint density at radius 1 is 1.42 bits per heavy atom. The van der Waals surface area contributed by atoms with Crippen molar-refractivity contribution in [1.82, 2.24) is 0 Å². The van der Waals surface area contributed by atoms with Gasteiger partial charge in [-0.1, -0.05) is 12.1 Å². The lowest BCUT2D eigenvalue weighted by molar-refractivity contribution is 0.198. The lowest BCUT2D eigenvalue weighted by Crippen LogP contribution is -1.92. The van der Waals surface area contributed by atoms with Gasteiger partial charge in [0, 0.05) is 5.56 Å². The van der Waals surface area contributed by atoms with Crippen LogP contribution in [0.3, 0.4) is 0 Å². The van der Waals surface area contributed by atoms with Gasteiger partial charge >= 0.3 is 0 Å². The summed E-state index contributed by atoms with van der Waals surface area (Å²) >= 11 is 0. The number of hydrogen-bond donors (Lipinski definition) is 3. The first-order chi connectivity index (χ1) is 5.65. The molecule has 0 fully saturated rings. The summed E-state index contributed by atoms with van der Waals surface area (Å²) in [5.41, 5.74) is 1.11. The van der Waals surface area contributed by atoms with Gasteiger partial charge in [0.2, 0.25) is 0 Å². The summed E-state index contributed by atoms with van der Waals surface area (Å²) in [7, 11) is 0. The third-order valence-corrected chi connectivity index (χ3v) is 1.76. The molecule has 1 rings (SSSR count). The first-order valence-corrected chi connectivity index (χ1v) is 3.76. The third-order valence-electron chi connectivity index (χ3n) is 1.76. The minimum Gasteiger partial charge on any atom is -0.508 e. The second-order valence-electron chi connectivity index (χ2n) is 2.72. The summed E-state index contributed by atoms with van der Waals surface area (Å²) in [6, 6.07) is 4.73. The first-order valence-electron chi connectivity index (χ1n) is 3.76. The third kappa shape index (κ3) is 1.75. The first kappa shape index (κ1) is 9.03. The van der Waals surface area contributed by atoms with Gasteiger partial charge in [-0.2, -0.15) is 0 Å². The molecule has 0 spiro atoms. The highest BCUT2D eigenvalue weighted by Crippen LogP contribution is 2.22. The molecular weight excluding hydrogens is 156 g/mol. The van der Waals surface area contributed by atoms with Crippen molar-refractivity contribution in [2.45, 2.75) is 19.6 Å². The number of phenols is 1. The van der Waals surface area contributed by atoms with Crippen molar-refractivity contribution in [1.29, 1.82) is 0 Å². The molecule has 0 amide bonds. The fraction of sp³-hybridized carbons (Fsp3) is 0.333. The largest absolute Gasteiger partial charge is 0.508 e. The van der Waals surface area contributed by atoms with E-state index >= 15 is 0 Å². The minimum atomic E-state index is -0.594. The van der Waals surface area contributed by atoms with E-state index in [1.165, 1.54) is 6.07 Å². The minimum absolute atomic E-state index is 0.0240. The van der Waals surface area contributed by atoms with E-state index < -0.39 is 6.10 Å². The Labute approximate surface area is 70.9 Å². The van der Waals surface area contributed by atoms with Crippen molar-refractivity contribution in [3.05, 3.63) is 29.3 Å². The van der Waals surface area contributed by atoms with Gasteiger partial charge in [-0.3, -0.25) is 0 Å². The van der Waals surface area contributed by atoms with E-state index in [0.29, 0.717) is 11.1 Å². The van der Waals surface area contributed by atoms with E-state index in [0.717, 1.165) is 0 Å². The van der Waals surface area contributed by atoms with Crippen LogP contribution in [0.2, 0.25) is 0 Å². The van der Waals surface area contributed by atoms with Gasteiger partial charge in [0.05, 0.1) is 12.7 Å². The molecule has 1 aromatic rings. The molecule has 0 bridgehead atoms. The predicted octanol–water partition coefficient (Wildman–Crippen LogP) is 0.938. The summed E-state index contributed by atoms with van der Waals surface area (Å²) in [6.07, 6.45) is -0.594. The molecule has 12 heavy (non-hydrogen) atoms. The van der Waals surface area contributed by atoms with Gasteiger partial charge in [0.25, 0.3) is 0 Å². The van der Waals surface area contributed by atoms with Crippen LogP contribution in [0.15, 0.2) is 18.2 Å². The maximum absolute atomic E-state index is 9.27. The summed E-state index contributed by atoms with van der Waals surface area (Å²) in [5.74, 6) is 0.0240. The standard InChI is InChI=1S/C9H12O3/c1-6(11)7-2-3-8(5-10)9(12)4-7/h2-4,6,10-12H,5H2,1H3.